The van der Waals surface area contributed by atoms with Crippen LogP contribution in [0.15, 0.2) is 36.7 Å². The molecule has 6 heteroatoms. The Morgan fingerprint density at radius 1 is 1.45 bits per heavy atom. The minimum atomic E-state index is -0.482. The molecule has 0 aliphatic carbocycles. The molecule has 6 nitrogen and oxygen atoms in total. The van der Waals surface area contributed by atoms with Gasteiger partial charge in [-0.05, 0) is 24.6 Å². The number of nitrogens with one attached hydrogen (secondary N) is 2. The van der Waals surface area contributed by atoms with Crippen LogP contribution < -0.4 is 15.8 Å². The number of aromatic amines is 1. The summed E-state index contributed by atoms with van der Waals surface area (Å²) in [4.78, 5) is 10.6. The Labute approximate surface area is 117 Å². The van der Waals surface area contributed by atoms with Crippen LogP contribution in [0.1, 0.15) is 24.1 Å². The van der Waals surface area contributed by atoms with Gasteiger partial charge in [0.1, 0.15) is 5.75 Å². The summed E-state index contributed by atoms with van der Waals surface area (Å²) in [5.41, 5.74) is 7.26. The summed E-state index contributed by atoms with van der Waals surface area (Å²) in [7, 11) is 0. The van der Waals surface area contributed by atoms with Crippen molar-refractivity contribution >= 4 is 5.91 Å². The van der Waals surface area contributed by atoms with Gasteiger partial charge in [0.2, 0.25) is 0 Å². The molecule has 1 heterocycles. The summed E-state index contributed by atoms with van der Waals surface area (Å²) in [5, 5.41) is 10.1. The molecule has 1 aromatic heterocycles. The molecule has 0 fully saturated rings. The topological polar surface area (TPSA) is 93.0 Å². The van der Waals surface area contributed by atoms with E-state index in [0.717, 1.165) is 17.7 Å². The van der Waals surface area contributed by atoms with Gasteiger partial charge in [-0.3, -0.25) is 9.89 Å². The molecule has 0 aliphatic rings. The standard InChI is InChI=1S/C14H18N4O2/c1-10(12-7-17-18-8-12)16-6-11-2-4-13(5-3-11)20-9-14(15)19/h2-5,7-8,10,16H,6,9H2,1H3,(H2,15,19)(H,17,18). The van der Waals surface area contributed by atoms with Crippen LogP contribution in [-0.4, -0.2) is 22.7 Å². The van der Waals surface area contributed by atoms with Gasteiger partial charge >= 0.3 is 0 Å². The number of hydrogen-bond donors (Lipinski definition) is 3. The van der Waals surface area contributed by atoms with E-state index in [9.17, 15) is 4.79 Å². The SMILES string of the molecule is CC(NCc1ccc(OCC(N)=O)cc1)c1cn[nH]c1. The molecule has 0 saturated carbocycles. The fourth-order valence-electron chi connectivity index (χ4n) is 1.74. The van der Waals surface area contributed by atoms with Gasteiger partial charge in [-0.25, -0.2) is 0 Å². The van der Waals surface area contributed by atoms with Gasteiger partial charge in [-0.15, -0.1) is 0 Å². The Hall–Kier alpha value is -2.34. The average molecular weight is 274 g/mol. The molecule has 0 aliphatic heterocycles. The highest BCUT2D eigenvalue weighted by atomic mass is 16.5. The molecule has 0 spiro atoms. The third-order valence-corrected chi connectivity index (χ3v) is 2.94. The maximum absolute atomic E-state index is 10.6. The van der Waals surface area contributed by atoms with Gasteiger partial charge in [0.05, 0.1) is 6.20 Å². The second-order valence-electron chi connectivity index (χ2n) is 4.53. The lowest BCUT2D eigenvalue weighted by Crippen LogP contribution is -2.20. The number of primary amides is 1. The molecule has 0 radical (unpaired) electrons. The van der Waals surface area contributed by atoms with Gasteiger partial charge < -0.3 is 15.8 Å². The number of nitrogens with zero attached hydrogens (tertiary/aromatic N) is 1. The van der Waals surface area contributed by atoms with Crippen molar-refractivity contribution < 1.29 is 9.53 Å². The molecule has 4 N–H and O–H groups in total. The van der Waals surface area contributed by atoms with Crippen LogP contribution >= 0.6 is 0 Å². The number of H-pyrrole nitrogens is 1. The average Bonchev–Trinajstić information content (AvgIpc) is 2.98. The van der Waals surface area contributed by atoms with E-state index in [1.807, 2.05) is 30.5 Å². The summed E-state index contributed by atoms with van der Waals surface area (Å²) >= 11 is 0. The molecule has 2 rings (SSSR count). The van der Waals surface area contributed by atoms with Crippen LogP contribution in [0.4, 0.5) is 0 Å². The monoisotopic (exact) mass is 274 g/mol. The van der Waals surface area contributed by atoms with Gasteiger partial charge in [0, 0.05) is 24.3 Å². The third kappa shape index (κ3) is 4.10. The van der Waals surface area contributed by atoms with Gasteiger partial charge in [0.15, 0.2) is 6.61 Å². The number of benzene rings is 1. The first-order chi connectivity index (χ1) is 9.65. The smallest absolute Gasteiger partial charge is 0.255 e. The minimum Gasteiger partial charge on any atom is -0.484 e. The van der Waals surface area contributed by atoms with E-state index in [2.05, 4.69) is 22.4 Å². The fraction of sp³-hybridized carbons (Fsp3) is 0.286. The summed E-state index contributed by atoms with van der Waals surface area (Å²) in [6.07, 6.45) is 3.68. The molecular weight excluding hydrogens is 256 g/mol. The lowest BCUT2D eigenvalue weighted by atomic mass is 10.1. The number of rotatable bonds is 7. The maximum Gasteiger partial charge on any atom is 0.255 e. The molecule has 2 aromatic rings. The van der Waals surface area contributed by atoms with E-state index in [0.29, 0.717) is 5.75 Å². The van der Waals surface area contributed by atoms with Crippen LogP contribution in [0.2, 0.25) is 0 Å². The van der Waals surface area contributed by atoms with Crippen LogP contribution in [0.3, 0.4) is 0 Å². The first kappa shape index (κ1) is 14.1. The summed E-state index contributed by atoms with van der Waals surface area (Å²) in [6, 6.07) is 7.77. The van der Waals surface area contributed by atoms with Crippen LogP contribution in [0.25, 0.3) is 0 Å². The number of ether oxygens (including phenoxy) is 1. The minimum absolute atomic E-state index is 0.102. The normalized spacial score (nSPS) is 12.1. The van der Waals surface area contributed by atoms with Crippen molar-refractivity contribution in [3.63, 3.8) is 0 Å². The van der Waals surface area contributed by atoms with E-state index in [1.165, 1.54) is 0 Å². The molecule has 0 bridgehead atoms. The first-order valence-corrected chi connectivity index (χ1v) is 6.37. The Morgan fingerprint density at radius 2 is 2.20 bits per heavy atom. The Balaban J connectivity index is 1.83. The number of nitrogens with two attached hydrogens (primary N) is 1. The lowest BCUT2D eigenvalue weighted by Gasteiger charge is -2.12. The zero-order chi connectivity index (χ0) is 14.4. The highest BCUT2D eigenvalue weighted by Gasteiger charge is 2.05. The van der Waals surface area contributed by atoms with Crippen LogP contribution in [0.5, 0.6) is 5.75 Å². The predicted octanol–water partition coefficient (Wildman–Crippen LogP) is 1.12. The molecule has 106 valence electrons. The van der Waals surface area contributed by atoms with Crippen molar-refractivity contribution in [2.75, 3.05) is 6.61 Å². The third-order valence-electron chi connectivity index (χ3n) is 2.94. The lowest BCUT2D eigenvalue weighted by molar-refractivity contribution is -0.119. The molecule has 1 aromatic carbocycles. The van der Waals surface area contributed by atoms with E-state index in [4.69, 9.17) is 10.5 Å². The van der Waals surface area contributed by atoms with Crippen molar-refractivity contribution in [3.05, 3.63) is 47.8 Å². The van der Waals surface area contributed by atoms with Crippen molar-refractivity contribution in [1.82, 2.24) is 15.5 Å². The highest BCUT2D eigenvalue weighted by molar-refractivity contribution is 5.75. The van der Waals surface area contributed by atoms with E-state index in [-0.39, 0.29) is 12.6 Å². The quantitative estimate of drug-likeness (QED) is 0.705. The van der Waals surface area contributed by atoms with Crippen molar-refractivity contribution in [2.24, 2.45) is 5.73 Å². The van der Waals surface area contributed by atoms with E-state index >= 15 is 0 Å². The first-order valence-electron chi connectivity index (χ1n) is 6.37. The highest BCUT2D eigenvalue weighted by Crippen LogP contribution is 2.14. The van der Waals surface area contributed by atoms with Crippen molar-refractivity contribution in [1.29, 1.82) is 0 Å². The molecule has 1 unspecified atom stereocenters. The predicted molar refractivity (Wildman–Crippen MR) is 75.0 cm³/mol. The van der Waals surface area contributed by atoms with Gasteiger partial charge in [-0.2, -0.15) is 5.10 Å². The largest absolute Gasteiger partial charge is 0.484 e. The number of carbonyl (C=O) groups is 1. The second kappa shape index (κ2) is 6.72. The Morgan fingerprint density at radius 3 is 2.80 bits per heavy atom. The number of carbonyl (C=O) groups excluding carboxylic acids is 1. The maximum atomic E-state index is 10.6. The summed E-state index contributed by atoms with van der Waals surface area (Å²) in [5.74, 6) is 0.153. The molecule has 20 heavy (non-hydrogen) atoms. The van der Waals surface area contributed by atoms with E-state index in [1.54, 1.807) is 6.20 Å². The Kier molecular flexibility index (Phi) is 4.73. The molecule has 1 amide bonds. The fourth-order valence-corrected chi connectivity index (χ4v) is 1.74. The Bertz CT molecular complexity index is 537. The van der Waals surface area contributed by atoms with Crippen molar-refractivity contribution in [3.8, 4) is 5.75 Å². The van der Waals surface area contributed by atoms with Gasteiger partial charge in [-0.1, -0.05) is 12.1 Å². The van der Waals surface area contributed by atoms with Gasteiger partial charge in [0.25, 0.3) is 5.91 Å². The number of hydrogen-bond acceptors (Lipinski definition) is 4. The summed E-state index contributed by atoms with van der Waals surface area (Å²) in [6.45, 7) is 2.72. The zero-order valence-corrected chi connectivity index (χ0v) is 11.3. The molecule has 0 saturated heterocycles. The summed E-state index contributed by atoms with van der Waals surface area (Å²) < 4.78 is 5.20. The van der Waals surface area contributed by atoms with Crippen molar-refractivity contribution in [2.45, 2.75) is 19.5 Å². The zero-order valence-electron chi connectivity index (χ0n) is 11.3. The number of amides is 1. The van der Waals surface area contributed by atoms with E-state index < -0.39 is 5.91 Å². The molecule has 1 atom stereocenters. The van der Waals surface area contributed by atoms with Crippen LogP contribution in [-0.2, 0) is 11.3 Å². The van der Waals surface area contributed by atoms with Crippen LogP contribution in [0, 0.1) is 0 Å². The molecular formula is C14H18N4O2. The number of aromatic nitrogens is 2. The second-order valence-corrected chi connectivity index (χ2v) is 4.53.